The number of halogens is 2. The Hall–Kier alpha value is -3.72. The van der Waals surface area contributed by atoms with Gasteiger partial charge in [-0.05, 0) is 72.4 Å². The van der Waals surface area contributed by atoms with Crippen LogP contribution in [0.25, 0.3) is 11.3 Å². The molecule has 8 nitrogen and oxygen atoms in total. The number of anilines is 1. The predicted molar refractivity (Wildman–Crippen MR) is 146 cm³/mol. The maximum Gasteiger partial charge on any atom is 0.270 e. The van der Waals surface area contributed by atoms with Crippen molar-refractivity contribution in [3.8, 4) is 23.1 Å². The lowest BCUT2D eigenvalue weighted by Crippen LogP contribution is -2.18. The van der Waals surface area contributed by atoms with Gasteiger partial charge in [-0.2, -0.15) is 10.4 Å². The lowest BCUT2D eigenvalue weighted by atomic mass is 10.1. The van der Waals surface area contributed by atoms with Crippen molar-refractivity contribution in [1.29, 1.82) is 5.26 Å². The fourth-order valence-electron chi connectivity index (χ4n) is 3.01. The van der Waals surface area contributed by atoms with E-state index in [0.717, 1.165) is 20.7 Å². The molecule has 11 heteroatoms. The molecule has 4 aromatic rings. The summed E-state index contributed by atoms with van der Waals surface area (Å²) in [5.74, 6) is -0.319. The van der Waals surface area contributed by atoms with E-state index in [-0.39, 0.29) is 27.2 Å². The third-order valence-electron chi connectivity index (χ3n) is 4.77. The molecule has 0 aliphatic carbocycles. The fourth-order valence-corrected chi connectivity index (χ4v) is 4.30. The average molecular weight is 625 g/mol. The number of aromatic nitrogens is 2. The van der Waals surface area contributed by atoms with E-state index in [0.29, 0.717) is 16.8 Å². The molecule has 0 unspecified atom stereocenters. The highest BCUT2D eigenvalue weighted by Crippen LogP contribution is 2.26. The van der Waals surface area contributed by atoms with Crippen LogP contribution >= 0.6 is 43.6 Å². The molecule has 0 aliphatic rings. The van der Waals surface area contributed by atoms with Crippen LogP contribution in [0.4, 0.5) is 5.69 Å². The van der Waals surface area contributed by atoms with Gasteiger partial charge in [-0.1, -0.05) is 44.0 Å². The molecule has 3 N–H and O–H groups in total. The average Bonchev–Trinajstić information content (AvgIpc) is 2.87. The van der Waals surface area contributed by atoms with Gasteiger partial charge in [0.15, 0.2) is 10.2 Å². The molecule has 0 spiro atoms. The minimum Gasteiger partial charge on any atom is -0.508 e. The number of phenols is 1. The van der Waals surface area contributed by atoms with Crippen LogP contribution in [-0.2, 0) is 0 Å². The number of hydrazone groups is 1. The van der Waals surface area contributed by atoms with Crippen LogP contribution in [-0.4, -0.2) is 25.9 Å². The summed E-state index contributed by atoms with van der Waals surface area (Å²) in [6.07, 6.45) is 0. The molecule has 0 bridgehead atoms. The van der Waals surface area contributed by atoms with E-state index < -0.39 is 11.3 Å². The molecular weight excluding hydrogens is 610 g/mol. The third kappa shape index (κ3) is 6.09. The lowest BCUT2D eigenvalue weighted by molar-refractivity contribution is 0.106. The van der Waals surface area contributed by atoms with Gasteiger partial charge in [-0.3, -0.25) is 20.0 Å². The summed E-state index contributed by atoms with van der Waals surface area (Å²) in [4.78, 5) is 33.0. The van der Waals surface area contributed by atoms with E-state index in [1.165, 1.54) is 12.1 Å². The quantitative estimate of drug-likeness (QED) is 0.0460. The number of Topliss-reactive ketones (excluding diaryl/α,β-unsaturated/α-hetero) is 1. The summed E-state index contributed by atoms with van der Waals surface area (Å²) in [5.41, 5.74) is 3.70. The van der Waals surface area contributed by atoms with E-state index in [9.17, 15) is 20.0 Å². The van der Waals surface area contributed by atoms with Crippen LogP contribution in [0.1, 0.15) is 15.9 Å². The summed E-state index contributed by atoms with van der Waals surface area (Å²) >= 11 is 7.57. The number of phenolic OH excluding ortho intramolecular Hbond substituents is 1. The Labute approximate surface area is 226 Å². The van der Waals surface area contributed by atoms with Crippen molar-refractivity contribution in [3.05, 3.63) is 103 Å². The highest BCUT2D eigenvalue weighted by molar-refractivity contribution is 9.10. The van der Waals surface area contributed by atoms with Crippen molar-refractivity contribution in [1.82, 2.24) is 9.97 Å². The first kappa shape index (κ1) is 25.4. The molecule has 0 saturated heterocycles. The molecule has 0 radical (unpaired) electrons. The summed E-state index contributed by atoms with van der Waals surface area (Å²) < 4.78 is 1.64. The van der Waals surface area contributed by atoms with Gasteiger partial charge in [0.2, 0.25) is 5.78 Å². The SMILES string of the molecule is N#Cc1c(-c2ccc(Br)cc2)nc(SC(=NNc2ccc(O)cc2)C(=O)c2ccc(Br)cc2)[nH]c1=O. The number of thioether (sulfide) groups is 1. The summed E-state index contributed by atoms with van der Waals surface area (Å²) in [6.45, 7) is 0. The normalized spacial score (nSPS) is 11.1. The topological polar surface area (TPSA) is 131 Å². The molecular formula is C25H15Br2N5O3S. The molecule has 0 fully saturated rings. The number of carbonyl (C=O) groups excluding carboxylic acids is 1. The number of ketones is 1. The molecule has 36 heavy (non-hydrogen) atoms. The summed E-state index contributed by atoms with van der Waals surface area (Å²) in [6, 6.07) is 21.8. The monoisotopic (exact) mass is 623 g/mol. The Morgan fingerprint density at radius 3 is 2.22 bits per heavy atom. The van der Waals surface area contributed by atoms with E-state index in [1.807, 2.05) is 6.07 Å². The number of hydrogen-bond donors (Lipinski definition) is 3. The van der Waals surface area contributed by atoms with Crippen LogP contribution in [0, 0.1) is 11.3 Å². The highest BCUT2D eigenvalue weighted by atomic mass is 79.9. The van der Waals surface area contributed by atoms with Gasteiger partial charge in [0.1, 0.15) is 17.4 Å². The Morgan fingerprint density at radius 2 is 1.61 bits per heavy atom. The van der Waals surface area contributed by atoms with Crippen molar-refractivity contribution in [3.63, 3.8) is 0 Å². The fraction of sp³-hybridized carbons (Fsp3) is 0. The number of aromatic hydroxyl groups is 1. The number of rotatable bonds is 6. The van der Waals surface area contributed by atoms with Crippen molar-refractivity contribution < 1.29 is 9.90 Å². The van der Waals surface area contributed by atoms with Gasteiger partial charge in [0.25, 0.3) is 5.56 Å². The number of aromatic amines is 1. The number of nitrogens with zero attached hydrogens (tertiary/aromatic N) is 3. The molecule has 1 heterocycles. The first-order valence-corrected chi connectivity index (χ1v) is 12.7. The largest absolute Gasteiger partial charge is 0.508 e. The zero-order valence-corrected chi connectivity index (χ0v) is 22.2. The Morgan fingerprint density at radius 1 is 1.00 bits per heavy atom. The number of carbonyl (C=O) groups is 1. The van der Waals surface area contributed by atoms with Crippen molar-refractivity contribution in [2.75, 3.05) is 5.43 Å². The molecule has 4 rings (SSSR count). The second-order valence-electron chi connectivity index (χ2n) is 7.23. The van der Waals surface area contributed by atoms with Crippen LogP contribution in [0.15, 0.2) is 96.8 Å². The second kappa shape index (κ2) is 11.3. The highest BCUT2D eigenvalue weighted by Gasteiger charge is 2.20. The Bertz CT molecular complexity index is 1550. The molecule has 1 aromatic heterocycles. The van der Waals surface area contributed by atoms with Crippen LogP contribution in [0.2, 0.25) is 0 Å². The molecule has 0 saturated carbocycles. The minimum absolute atomic E-state index is 0.0000104. The van der Waals surface area contributed by atoms with E-state index in [1.54, 1.807) is 60.7 Å². The van der Waals surface area contributed by atoms with E-state index in [4.69, 9.17) is 0 Å². The van der Waals surface area contributed by atoms with Gasteiger partial charge in [-0.25, -0.2) is 4.98 Å². The first-order chi connectivity index (χ1) is 17.3. The van der Waals surface area contributed by atoms with E-state index in [2.05, 4.69) is 52.4 Å². The predicted octanol–water partition coefficient (Wildman–Crippen LogP) is 5.94. The third-order valence-corrected chi connectivity index (χ3v) is 6.69. The van der Waals surface area contributed by atoms with Gasteiger partial charge >= 0.3 is 0 Å². The zero-order valence-electron chi connectivity index (χ0n) is 18.2. The standard InChI is InChI=1S/C25H15Br2N5O3S/c26-16-5-1-14(2-6-16)21-20(13-28)23(35)30-25(29-21)36-24(22(34)15-3-7-17(27)8-4-15)32-31-18-9-11-19(33)12-10-18/h1-12,31,33H,(H,29,30,35). The molecule has 3 aromatic carbocycles. The minimum atomic E-state index is -0.630. The Kier molecular flexibility index (Phi) is 8.00. The maximum absolute atomic E-state index is 13.3. The van der Waals surface area contributed by atoms with Gasteiger partial charge in [0.05, 0.1) is 11.4 Å². The number of hydrogen-bond acceptors (Lipinski definition) is 8. The Balaban J connectivity index is 1.74. The smallest absolute Gasteiger partial charge is 0.270 e. The second-order valence-corrected chi connectivity index (χ2v) is 10.0. The summed E-state index contributed by atoms with van der Waals surface area (Å²) in [7, 11) is 0. The zero-order chi connectivity index (χ0) is 25.7. The van der Waals surface area contributed by atoms with Gasteiger partial charge in [-0.15, -0.1) is 0 Å². The lowest BCUT2D eigenvalue weighted by Gasteiger charge is -2.09. The van der Waals surface area contributed by atoms with Crippen molar-refractivity contribution in [2.24, 2.45) is 5.10 Å². The van der Waals surface area contributed by atoms with Crippen molar-refractivity contribution in [2.45, 2.75) is 5.16 Å². The number of H-pyrrole nitrogens is 1. The van der Waals surface area contributed by atoms with Crippen LogP contribution in [0.3, 0.4) is 0 Å². The molecule has 178 valence electrons. The van der Waals surface area contributed by atoms with E-state index >= 15 is 0 Å². The maximum atomic E-state index is 13.3. The molecule has 0 aliphatic heterocycles. The number of nitrogens with one attached hydrogen (secondary N) is 2. The molecule has 0 amide bonds. The summed E-state index contributed by atoms with van der Waals surface area (Å²) in [5, 5.41) is 23.4. The first-order valence-electron chi connectivity index (χ1n) is 10.3. The van der Waals surface area contributed by atoms with Crippen LogP contribution < -0.4 is 11.0 Å². The van der Waals surface area contributed by atoms with Gasteiger partial charge in [0, 0.05) is 20.1 Å². The van der Waals surface area contributed by atoms with Gasteiger partial charge < -0.3 is 5.11 Å². The molecule has 0 atom stereocenters. The number of benzene rings is 3. The number of nitriles is 1. The van der Waals surface area contributed by atoms with Crippen molar-refractivity contribution >= 4 is 60.1 Å². The van der Waals surface area contributed by atoms with Crippen LogP contribution in [0.5, 0.6) is 5.75 Å².